The molecule has 3 heterocycles. The van der Waals surface area contributed by atoms with Gasteiger partial charge in [-0.15, -0.1) is 11.3 Å². The molecule has 1 aliphatic rings. The van der Waals surface area contributed by atoms with Crippen molar-refractivity contribution in [3.8, 4) is 5.75 Å². The molecule has 9 N–H and O–H groups in total. The van der Waals surface area contributed by atoms with Gasteiger partial charge < -0.3 is 41.7 Å². The molecule has 2 atom stereocenters. The molecule has 1 aliphatic heterocycles. The van der Waals surface area contributed by atoms with E-state index in [0.717, 1.165) is 37.4 Å². The van der Waals surface area contributed by atoms with Crippen molar-refractivity contribution in [3.63, 3.8) is 0 Å². The molecule has 4 amide bonds. The molecule has 4 rings (SSSR count). The molecule has 49 heavy (non-hydrogen) atoms. The third-order valence-corrected chi connectivity index (χ3v) is 8.46. The quantitative estimate of drug-likeness (QED) is 0.0434. The summed E-state index contributed by atoms with van der Waals surface area (Å²) < 4.78 is 33.5. The summed E-state index contributed by atoms with van der Waals surface area (Å²) in [4.78, 5) is 85.8. The number of nitrogens with one attached hydrogen (secondary N) is 4. The highest BCUT2D eigenvalue weighted by molar-refractivity contribution is 7.84. The van der Waals surface area contributed by atoms with Gasteiger partial charge in [0.25, 0.3) is 23.6 Å². The van der Waals surface area contributed by atoms with Crippen molar-refractivity contribution in [1.82, 2.24) is 30.2 Å². The molecule has 1 aromatic carbocycles. The number of benzene rings is 1. The van der Waals surface area contributed by atoms with Crippen molar-refractivity contribution in [2.24, 2.45) is 5.16 Å². The fraction of sp³-hybridized carbons (Fsp3) is 0.259. The number of aromatic hydroxyl groups is 1. The molecule has 0 spiro atoms. The Morgan fingerprint density at radius 1 is 1.12 bits per heavy atom. The highest BCUT2D eigenvalue weighted by Crippen LogP contribution is 2.24. The van der Waals surface area contributed by atoms with Crippen LogP contribution in [-0.4, -0.2) is 97.0 Å². The van der Waals surface area contributed by atoms with E-state index in [9.17, 15) is 52.0 Å². The van der Waals surface area contributed by atoms with Crippen molar-refractivity contribution in [2.75, 3.05) is 12.3 Å². The maximum Gasteiger partial charge on any atom is 0.362 e. The van der Waals surface area contributed by atoms with E-state index in [0.29, 0.717) is 5.69 Å². The van der Waals surface area contributed by atoms with Crippen LogP contribution in [-0.2, 0) is 36.1 Å². The van der Waals surface area contributed by atoms with Crippen molar-refractivity contribution in [1.29, 1.82) is 0 Å². The zero-order valence-electron chi connectivity index (χ0n) is 25.4. The molecule has 0 radical (unpaired) electrons. The molecule has 3 aromatic rings. The van der Waals surface area contributed by atoms with Crippen LogP contribution < -0.4 is 27.1 Å². The number of nitrogens with zero attached hydrogens (tertiary/aromatic N) is 3. The number of rotatable bonds is 13. The standard InChI is InChI=1S/C27H28N8O12S2/c1-27(2,25(42)43)47-34-19(15-11-48-26(28)32-15)23(40)33-20-16(35(24(20)41)49(44,45)46)9-31-22(39)13-5-3-12(4-6-13)21(38)30-8-14-7-17(36)18(37)10-29-14/h3-7,10-11,16,20,37H,8-9H2,1-2H3,(H2,28,32)(H,29,36)(H,30,38)(H,31,39)(H,33,40)(H,42,43)(H,44,45,46)/b34-19-/t16-,20+/m1/s1. The number of pyridine rings is 1. The van der Waals surface area contributed by atoms with Crippen LogP contribution in [0.4, 0.5) is 5.13 Å². The number of H-pyrrole nitrogens is 1. The number of carboxylic acids is 1. The number of nitrogen functional groups attached to an aromatic ring is 1. The third kappa shape index (κ3) is 8.35. The summed E-state index contributed by atoms with van der Waals surface area (Å²) in [5, 5.41) is 30.7. The lowest BCUT2D eigenvalue weighted by Gasteiger charge is -2.44. The Morgan fingerprint density at radius 3 is 2.27 bits per heavy atom. The Hall–Kier alpha value is -5.87. The molecule has 2 aromatic heterocycles. The summed E-state index contributed by atoms with van der Waals surface area (Å²) in [7, 11) is -5.14. The first-order chi connectivity index (χ1) is 22.9. The molecule has 22 heteroatoms. The molecule has 0 aliphatic carbocycles. The summed E-state index contributed by atoms with van der Waals surface area (Å²) in [5.41, 5.74) is 2.81. The van der Waals surface area contributed by atoms with E-state index in [1.54, 1.807) is 0 Å². The topological polar surface area (TPSA) is 313 Å². The van der Waals surface area contributed by atoms with E-state index in [4.69, 9.17) is 10.6 Å². The SMILES string of the molecule is CC(C)(O/N=C(\C(=O)N[C@@H]1C(=O)N(S(=O)(=O)O)[C@@H]1CNC(=O)c1ccc(C(=O)NCc2cc(=O)c(O)c[nH]2)cc1)c1csc(N)n1)C(=O)O. The predicted molar refractivity (Wildman–Crippen MR) is 169 cm³/mol. The molecular weight excluding hydrogens is 692 g/mol. The number of anilines is 1. The van der Waals surface area contributed by atoms with E-state index in [1.165, 1.54) is 29.6 Å². The lowest BCUT2D eigenvalue weighted by Crippen LogP contribution is -2.74. The average Bonchev–Trinajstić information content (AvgIpc) is 3.46. The van der Waals surface area contributed by atoms with Crippen LogP contribution in [0.5, 0.6) is 5.75 Å². The van der Waals surface area contributed by atoms with Crippen LogP contribution >= 0.6 is 11.3 Å². The molecule has 20 nitrogen and oxygen atoms in total. The number of oxime groups is 1. The number of thiazole rings is 1. The lowest BCUT2D eigenvalue weighted by molar-refractivity contribution is -0.161. The molecule has 0 saturated carbocycles. The van der Waals surface area contributed by atoms with Gasteiger partial charge in [-0.2, -0.15) is 8.42 Å². The van der Waals surface area contributed by atoms with Gasteiger partial charge in [0.05, 0.1) is 12.6 Å². The van der Waals surface area contributed by atoms with Crippen molar-refractivity contribution >= 4 is 62.1 Å². The van der Waals surface area contributed by atoms with Gasteiger partial charge in [-0.05, 0) is 38.1 Å². The summed E-state index contributed by atoms with van der Waals surface area (Å²) in [6.45, 7) is 1.63. The third-order valence-electron chi connectivity index (χ3n) is 6.84. The van der Waals surface area contributed by atoms with Gasteiger partial charge in [-0.25, -0.2) is 14.1 Å². The Morgan fingerprint density at radius 2 is 1.73 bits per heavy atom. The number of amides is 4. The zero-order chi connectivity index (χ0) is 36.3. The van der Waals surface area contributed by atoms with Crippen LogP contribution in [0.2, 0.25) is 0 Å². The first kappa shape index (κ1) is 36.0. The summed E-state index contributed by atoms with van der Waals surface area (Å²) in [5.74, 6) is -5.66. The van der Waals surface area contributed by atoms with Crippen molar-refractivity contribution < 1.29 is 52.0 Å². The number of hydrogen-bond acceptors (Lipinski definition) is 14. The van der Waals surface area contributed by atoms with Gasteiger partial charge >= 0.3 is 16.3 Å². The highest BCUT2D eigenvalue weighted by atomic mass is 32.2. The average molecular weight is 721 g/mol. The van der Waals surface area contributed by atoms with Crippen molar-refractivity contribution in [2.45, 2.75) is 38.1 Å². The first-order valence-electron chi connectivity index (χ1n) is 13.8. The minimum absolute atomic E-state index is 0.00571. The van der Waals surface area contributed by atoms with E-state index < -0.39 is 81.0 Å². The summed E-state index contributed by atoms with van der Waals surface area (Å²) in [6.07, 6.45) is 1.08. The van der Waals surface area contributed by atoms with Crippen molar-refractivity contribution in [3.05, 3.63) is 74.6 Å². The summed E-state index contributed by atoms with van der Waals surface area (Å²) in [6, 6.07) is 3.13. The number of β-lactam (4-membered cyclic amide) rings is 1. The van der Waals surface area contributed by atoms with Gasteiger partial charge in [-0.1, -0.05) is 5.16 Å². The molecule has 1 saturated heterocycles. The van der Waals surface area contributed by atoms with Crippen LogP contribution in [0.25, 0.3) is 0 Å². The lowest BCUT2D eigenvalue weighted by atomic mass is 9.98. The number of carbonyl (C=O) groups is 5. The number of aliphatic carboxylic acids is 1. The van der Waals surface area contributed by atoms with Gasteiger partial charge in [0, 0.05) is 41.0 Å². The largest absolute Gasteiger partial charge is 0.503 e. The fourth-order valence-corrected chi connectivity index (χ4v) is 5.56. The number of nitrogens with two attached hydrogens (primary N) is 1. The monoisotopic (exact) mass is 720 g/mol. The molecule has 260 valence electrons. The van der Waals surface area contributed by atoms with Crippen LogP contribution in [0, 0.1) is 0 Å². The number of carbonyl (C=O) groups excluding carboxylic acids is 4. The van der Waals surface area contributed by atoms with Crippen LogP contribution in [0.1, 0.15) is 46.0 Å². The van der Waals surface area contributed by atoms with E-state index >= 15 is 0 Å². The smallest absolute Gasteiger partial charge is 0.362 e. The summed E-state index contributed by atoms with van der Waals surface area (Å²) >= 11 is 0.905. The maximum atomic E-state index is 13.2. The van der Waals surface area contributed by atoms with E-state index in [2.05, 4.69) is 31.1 Å². The van der Waals surface area contributed by atoms with E-state index in [1.807, 2.05) is 0 Å². The zero-order valence-corrected chi connectivity index (χ0v) is 27.0. The minimum atomic E-state index is -5.14. The Balaban J connectivity index is 1.44. The normalized spacial score (nSPS) is 16.3. The minimum Gasteiger partial charge on any atom is -0.503 e. The van der Waals surface area contributed by atoms with Gasteiger partial charge in [-0.3, -0.25) is 28.5 Å². The first-order valence-corrected chi connectivity index (χ1v) is 16.1. The Labute approximate surface area is 279 Å². The number of carboxylic acid groups (broad SMARTS) is 1. The Kier molecular flexibility index (Phi) is 10.3. The van der Waals surface area contributed by atoms with Crippen LogP contribution in [0.3, 0.4) is 0 Å². The Bertz CT molecular complexity index is 2010. The molecule has 1 fully saturated rings. The second kappa shape index (κ2) is 14.1. The fourth-order valence-electron chi connectivity index (χ4n) is 4.13. The van der Waals surface area contributed by atoms with Gasteiger partial charge in [0.15, 0.2) is 16.6 Å². The van der Waals surface area contributed by atoms with Gasteiger partial charge in [0.1, 0.15) is 11.7 Å². The second-order valence-electron chi connectivity index (χ2n) is 10.7. The number of aromatic amines is 1. The number of aromatic nitrogens is 2. The van der Waals surface area contributed by atoms with Gasteiger partial charge in [0.2, 0.25) is 11.0 Å². The highest BCUT2D eigenvalue weighted by Gasteiger charge is 2.54. The maximum absolute atomic E-state index is 13.2. The van der Waals surface area contributed by atoms with E-state index in [-0.39, 0.29) is 32.8 Å². The second-order valence-corrected chi connectivity index (χ2v) is 12.9. The molecular formula is C27H28N8O12S2. The van der Waals surface area contributed by atoms with Crippen LogP contribution in [0.15, 0.2) is 51.9 Å². The molecule has 0 bridgehead atoms. The molecule has 0 unspecified atom stereocenters. The number of hydrogen-bond donors (Lipinski definition) is 8. The predicted octanol–water partition coefficient (Wildman–Crippen LogP) is -1.44.